The van der Waals surface area contributed by atoms with Crippen LogP contribution < -0.4 is 5.32 Å². The molecule has 0 fully saturated rings. The molecule has 2 rings (SSSR count). The first-order chi connectivity index (χ1) is 9.58. The fraction of sp³-hybridized carbons (Fsp3) is 0.133. The second kappa shape index (κ2) is 6.14. The van der Waals surface area contributed by atoms with Crippen LogP contribution in [0.4, 0.5) is 8.78 Å². The molecule has 0 spiro atoms. The van der Waals surface area contributed by atoms with Crippen LogP contribution in [0.25, 0.3) is 0 Å². The largest absolute Gasteiger partial charge is 0.507 e. The van der Waals surface area contributed by atoms with Gasteiger partial charge in [-0.2, -0.15) is 0 Å². The van der Waals surface area contributed by atoms with Gasteiger partial charge in [0.15, 0.2) is 0 Å². The Morgan fingerprint density at radius 3 is 2.45 bits per heavy atom. The number of hydrogen-bond acceptors (Lipinski definition) is 2. The van der Waals surface area contributed by atoms with Gasteiger partial charge >= 0.3 is 0 Å². The fourth-order valence-corrected chi connectivity index (χ4v) is 1.80. The summed E-state index contributed by atoms with van der Waals surface area (Å²) in [6, 6.07) is 9.57. The molecule has 0 saturated heterocycles. The third-order valence-corrected chi connectivity index (χ3v) is 2.83. The molecular formula is C15H13F2NO2. The lowest BCUT2D eigenvalue weighted by molar-refractivity contribution is 0.0947. The van der Waals surface area contributed by atoms with Crippen LogP contribution in [0.5, 0.6) is 5.75 Å². The van der Waals surface area contributed by atoms with E-state index in [4.69, 9.17) is 0 Å². The van der Waals surface area contributed by atoms with Crippen molar-refractivity contribution in [2.45, 2.75) is 6.42 Å². The van der Waals surface area contributed by atoms with Gasteiger partial charge in [-0.25, -0.2) is 8.78 Å². The lowest BCUT2D eigenvalue weighted by Gasteiger charge is -2.07. The fourth-order valence-electron chi connectivity index (χ4n) is 1.80. The molecular weight excluding hydrogens is 264 g/mol. The molecule has 3 nitrogen and oxygen atoms in total. The van der Waals surface area contributed by atoms with E-state index in [-0.39, 0.29) is 17.9 Å². The minimum atomic E-state index is -0.774. The summed E-state index contributed by atoms with van der Waals surface area (Å²) in [6.07, 6.45) is 0.487. The molecule has 104 valence electrons. The van der Waals surface area contributed by atoms with Crippen LogP contribution in [0.2, 0.25) is 0 Å². The summed E-state index contributed by atoms with van der Waals surface area (Å²) in [5.41, 5.74) is 0.482. The van der Waals surface area contributed by atoms with Gasteiger partial charge < -0.3 is 10.4 Å². The molecule has 0 saturated carbocycles. The van der Waals surface area contributed by atoms with Crippen LogP contribution >= 0.6 is 0 Å². The number of nitrogens with one attached hydrogen (secondary N) is 1. The Balaban J connectivity index is 1.94. The Kier molecular flexibility index (Phi) is 4.30. The zero-order valence-electron chi connectivity index (χ0n) is 10.6. The number of carbonyl (C=O) groups excluding carboxylic acids is 1. The standard InChI is InChI=1S/C15H13F2NO2/c16-11-6-4-10(5-7-11)8-9-18-15(20)14-12(17)2-1-3-13(14)19/h1-7,19H,8-9H2,(H,18,20). The molecule has 20 heavy (non-hydrogen) atoms. The van der Waals surface area contributed by atoms with Crippen molar-refractivity contribution >= 4 is 5.91 Å². The van der Waals surface area contributed by atoms with Crippen molar-refractivity contribution in [3.05, 3.63) is 65.2 Å². The Hall–Kier alpha value is -2.43. The van der Waals surface area contributed by atoms with Crippen LogP contribution in [0.1, 0.15) is 15.9 Å². The molecule has 2 N–H and O–H groups in total. The molecule has 0 radical (unpaired) electrons. The van der Waals surface area contributed by atoms with Crippen LogP contribution in [0, 0.1) is 11.6 Å². The summed E-state index contributed by atoms with van der Waals surface area (Å²) < 4.78 is 26.1. The Labute approximate surface area is 114 Å². The molecule has 0 heterocycles. The number of carbonyl (C=O) groups is 1. The first-order valence-electron chi connectivity index (χ1n) is 6.08. The normalized spacial score (nSPS) is 10.3. The van der Waals surface area contributed by atoms with E-state index in [1.54, 1.807) is 12.1 Å². The monoisotopic (exact) mass is 277 g/mol. The molecule has 0 aliphatic heterocycles. The van der Waals surface area contributed by atoms with Crippen molar-refractivity contribution in [2.75, 3.05) is 6.54 Å². The molecule has 2 aromatic rings. The highest BCUT2D eigenvalue weighted by atomic mass is 19.1. The van der Waals surface area contributed by atoms with E-state index >= 15 is 0 Å². The van der Waals surface area contributed by atoms with Gasteiger partial charge in [-0.3, -0.25) is 4.79 Å². The molecule has 0 bridgehead atoms. The lowest BCUT2D eigenvalue weighted by atomic mass is 10.1. The molecule has 1 amide bonds. The summed E-state index contributed by atoms with van der Waals surface area (Å²) in [4.78, 5) is 11.8. The van der Waals surface area contributed by atoms with E-state index in [9.17, 15) is 18.7 Å². The van der Waals surface area contributed by atoms with Crippen molar-refractivity contribution in [1.82, 2.24) is 5.32 Å². The number of phenols is 1. The number of aromatic hydroxyl groups is 1. The number of halogens is 2. The van der Waals surface area contributed by atoms with Gasteiger partial charge in [-0.05, 0) is 36.2 Å². The predicted octanol–water partition coefficient (Wildman–Crippen LogP) is 2.64. The maximum atomic E-state index is 13.4. The Morgan fingerprint density at radius 2 is 1.80 bits per heavy atom. The predicted molar refractivity (Wildman–Crippen MR) is 70.5 cm³/mol. The number of amides is 1. The molecule has 5 heteroatoms. The maximum absolute atomic E-state index is 13.4. The zero-order chi connectivity index (χ0) is 14.5. The first-order valence-corrected chi connectivity index (χ1v) is 6.08. The zero-order valence-corrected chi connectivity index (χ0v) is 10.6. The van der Waals surface area contributed by atoms with Crippen molar-refractivity contribution in [1.29, 1.82) is 0 Å². The quantitative estimate of drug-likeness (QED) is 0.902. The highest BCUT2D eigenvalue weighted by molar-refractivity contribution is 5.97. The van der Waals surface area contributed by atoms with E-state index in [2.05, 4.69) is 5.32 Å². The van der Waals surface area contributed by atoms with Crippen LogP contribution in [0.3, 0.4) is 0 Å². The Morgan fingerprint density at radius 1 is 1.10 bits per heavy atom. The van der Waals surface area contributed by atoms with Gasteiger partial charge in [0.1, 0.15) is 22.9 Å². The van der Waals surface area contributed by atoms with E-state index in [1.807, 2.05) is 0 Å². The second-order valence-electron chi connectivity index (χ2n) is 4.27. The molecule has 0 aromatic heterocycles. The summed E-state index contributed by atoms with van der Waals surface area (Å²) in [6.45, 7) is 0.262. The second-order valence-corrected chi connectivity index (χ2v) is 4.27. The van der Waals surface area contributed by atoms with E-state index in [1.165, 1.54) is 24.3 Å². The molecule has 0 aliphatic carbocycles. The summed E-state index contributed by atoms with van der Waals surface area (Å²) in [5, 5.41) is 12.0. The van der Waals surface area contributed by atoms with Crippen LogP contribution in [0.15, 0.2) is 42.5 Å². The topological polar surface area (TPSA) is 49.3 Å². The number of benzene rings is 2. The lowest BCUT2D eigenvalue weighted by Crippen LogP contribution is -2.26. The minimum Gasteiger partial charge on any atom is -0.507 e. The minimum absolute atomic E-state index is 0.262. The third kappa shape index (κ3) is 3.32. The van der Waals surface area contributed by atoms with Gasteiger partial charge in [0.25, 0.3) is 5.91 Å². The van der Waals surface area contributed by atoms with Gasteiger partial charge in [0.2, 0.25) is 0 Å². The number of hydrogen-bond donors (Lipinski definition) is 2. The van der Waals surface area contributed by atoms with Gasteiger partial charge in [0.05, 0.1) is 0 Å². The van der Waals surface area contributed by atoms with Crippen molar-refractivity contribution in [3.63, 3.8) is 0 Å². The van der Waals surface area contributed by atoms with E-state index < -0.39 is 17.5 Å². The van der Waals surface area contributed by atoms with E-state index in [0.29, 0.717) is 6.42 Å². The summed E-state index contributed by atoms with van der Waals surface area (Å²) >= 11 is 0. The number of rotatable bonds is 4. The van der Waals surface area contributed by atoms with Crippen LogP contribution in [-0.4, -0.2) is 17.6 Å². The van der Waals surface area contributed by atoms with Crippen molar-refractivity contribution < 1.29 is 18.7 Å². The maximum Gasteiger partial charge on any atom is 0.258 e. The van der Waals surface area contributed by atoms with Crippen molar-refractivity contribution in [3.8, 4) is 5.75 Å². The summed E-state index contributed by atoms with van der Waals surface area (Å²) in [5.74, 6) is -2.18. The van der Waals surface area contributed by atoms with Gasteiger partial charge in [-0.1, -0.05) is 18.2 Å². The van der Waals surface area contributed by atoms with Gasteiger partial charge in [0, 0.05) is 6.54 Å². The Bertz CT molecular complexity index is 592. The average molecular weight is 277 g/mol. The highest BCUT2D eigenvalue weighted by Crippen LogP contribution is 2.19. The first kappa shape index (κ1) is 14.0. The molecule has 0 atom stereocenters. The van der Waals surface area contributed by atoms with E-state index in [0.717, 1.165) is 11.6 Å². The molecule has 2 aromatic carbocycles. The molecule has 0 unspecified atom stereocenters. The SMILES string of the molecule is O=C(NCCc1ccc(F)cc1)c1c(O)cccc1F. The van der Waals surface area contributed by atoms with Crippen molar-refractivity contribution in [2.24, 2.45) is 0 Å². The van der Waals surface area contributed by atoms with Gasteiger partial charge in [-0.15, -0.1) is 0 Å². The van der Waals surface area contributed by atoms with Crippen LogP contribution in [-0.2, 0) is 6.42 Å². The summed E-state index contributed by atoms with van der Waals surface area (Å²) in [7, 11) is 0. The highest BCUT2D eigenvalue weighted by Gasteiger charge is 2.15. The third-order valence-electron chi connectivity index (χ3n) is 2.83. The molecule has 0 aliphatic rings. The smallest absolute Gasteiger partial charge is 0.258 e. The number of phenolic OH excluding ortho intramolecular Hbond substituents is 1. The average Bonchev–Trinajstić information content (AvgIpc) is 2.41.